The second kappa shape index (κ2) is 6.22. The van der Waals surface area contributed by atoms with Crippen LogP contribution in [0.2, 0.25) is 0 Å². The Kier molecular flexibility index (Phi) is 6.06. The highest BCUT2D eigenvalue weighted by atomic mass is 35.5. The maximum atomic E-state index is 11.2. The third-order valence-corrected chi connectivity index (χ3v) is 1.87. The van der Waals surface area contributed by atoms with Gasteiger partial charge in [0.15, 0.2) is 0 Å². The molecule has 1 amide bonds. The number of rotatable bonds is 3. The Hall–Kier alpha value is -0.320. The van der Waals surface area contributed by atoms with Gasteiger partial charge in [0.2, 0.25) is 5.91 Å². The Labute approximate surface area is 78.7 Å². The van der Waals surface area contributed by atoms with Crippen molar-refractivity contribution in [1.29, 1.82) is 0 Å². The molecule has 12 heavy (non-hydrogen) atoms. The third-order valence-electron chi connectivity index (χ3n) is 1.87. The molecule has 1 aliphatic rings. The normalized spacial score (nSPS) is 21.6. The summed E-state index contributed by atoms with van der Waals surface area (Å²) in [6, 6.07) is 0. The van der Waals surface area contributed by atoms with E-state index in [1.807, 2.05) is 0 Å². The molecule has 1 rings (SSSR count). The zero-order valence-corrected chi connectivity index (χ0v) is 7.82. The van der Waals surface area contributed by atoms with E-state index in [4.69, 9.17) is 5.73 Å². The average Bonchev–Trinajstić information content (AvgIpc) is 2.52. The summed E-state index contributed by atoms with van der Waals surface area (Å²) in [5.41, 5.74) is 5.25. The SMILES string of the molecule is Cl.NCCNC(=O)[C@@H]1CCNC1. The third kappa shape index (κ3) is 3.38. The van der Waals surface area contributed by atoms with Crippen LogP contribution in [0.1, 0.15) is 6.42 Å². The van der Waals surface area contributed by atoms with Crippen molar-refractivity contribution in [2.45, 2.75) is 6.42 Å². The number of hydrogen-bond acceptors (Lipinski definition) is 3. The van der Waals surface area contributed by atoms with Crippen LogP contribution in [-0.4, -0.2) is 32.1 Å². The molecule has 0 bridgehead atoms. The van der Waals surface area contributed by atoms with E-state index in [9.17, 15) is 4.79 Å². The topological polar surface area (TPSA) is 67.1 Å². The maximum Gasteiger partial charge on any atom is 0.224 e. The van der Waals surface area contributed by atoms with Crippen LogP contribution in [0.25, 0.3) is 0 Å². The summed E-state index contributed by atoms with van der Waals surface area (Å²) >= 11 is 0. The number of halogens is 1. The molecule has 0 aromatic carbocycles. The van der Waals surface area contributed by atoms with Gasteiger partial charge in [-0.3, -0.25) is 4.79 Å². The molecule has 0 saturated carbocycles. The van der Waals surface area contributed by atoms with Gasteiger partial charge in [-0.2, -0.15) is 0 Å². The summed E-state index contributed by atoms with van der Waals surface area (Å²) in [5, 5.41) is 5.91. The molecular formula is C7H16ClN3O. The van der Waals surface area contributed by atoms with Gasteiger partial charge in [0, 0.05) is 19.6 Å². The monoisotopic (exact) mass is 193 g/mol. The maximum absolute atomic E-state index is 11.2. The van der Waals surface area contributed by atoms with Crippen LogP contribution >= 0.6 is 12.4 Å². The Morgan fingerprint density at radius 1 is 1.67 bits per heavy atom. The Morgan fingerprint density at radius 2 is 2.42 bits per heavy atom. The number of nitrogens with one attached hydrogen (secondary N) is 2. The quantitative estimate of drug-likeness (QED) is 0.544. The number of amides is 1. The molecule has 1 atom stereocenters. The molecule has 0 radical (unpaired) electrons. The minimum absolute atomic E-state index is 0. The molecule has 0 aromatic heterocycles. The molecule has 4 N–H and O–H groups in total. The minimum atomic E-state index is 0. The van der Waals surface area contributed by atoms with Gasteiger partial charge in [-0.05, 0) is 13.0 Å². The Bertz CT molecular complexity index is 137. The van der Waals surface area contributed by atoms with Crippen LogP contribution in [-0.2, 0) is 4.79 Å². The van der Waals surface area contributed by atoms with Gasteiger partial charge in [-0.1, -0.05) is 0 Å². The fourth-order valence-corrected chi connectivity index (χ4v) is 1.22. The fraction of sp³-hybridized carbons (Fsp3) is 0.857. The molecule has 1 saturated heterocycles. The van der Waals surface area contributed by atoms with Crippen LogP contribution < -0.4 is 16.4 Å². The predicted octanol–water partition coefficient (Wildman–Crippen LogP) is -0.907. The van der Waals surface area contributed by atoms with Crippen molar-refractivity contribution in [2.24, 2.45) is 11.7 Å². The van der Waals surface area contributed by atoms with Gasteiger partial charge in [0.1, 0.15) is 0 Å². The van der Waals surface area contributed by atoms with Crippen LogP contribution in [0.5, 0.6) is 0 Å². The lowest BCUT2D eigenvalue weighted by atomic mass is 10.1. The van der Waals surface area contributed by atoms with Crippen molar-refractivity contribution in [3.63, 3.8) is 0 Å². The smallest absolute Gasteiger partial charge is 0.224 e. The van der Waals surface area contributed by atoms with E-state index in [1.54, 1.807) is 0 Å². The van der Waals surface area contributed by atoms with Crippen LogP contribution in [0, 0.1) is 5.92 Å². The van der Waals surface area contributed by atoms with E-state index in [0.29, 0.717) is 13.1 Å². The van der Waals surface area contributed by atoms with Crippen molar-refractivity contribution < 1.29 is 4.79 Å². The highest BCUT2D eigenvalue weighted by Gasteiger charge is 2.21. The highest BCUT2D eigenvalue weighted by molar-refractivity contribution is 5.85. The first-order chi connectivity index (χ1) is 5.34. The molecule has 0 aromatic rings. The van der Waals surface area contributed by atoms with Crippen molar-refractivity contribution in [1.82, 2.24) is 10.6 Å². The minimum Gasteiger partial charge on any atom is -0.355 e. The number of nitrogens with two attached hydrogens (primary N) is 1. The zero-order valence-electron chi connectivity index (χ0n) is 7.01. The van der Waals surface area contributed by atoms with E-state index in [2.05, 4.69) is 10.6 Å². The fourth-order valence-electron chi connectivity index (χ4n) is 1.22. The standard InChI is InChI=1S/C7H15N3O.ClH/c8-2-4-10-7(11)6-1-3-9-5-6;/h6,9H,1-5,8H2,(H,10,11);1H/t6-;/m1./s1. The van der Waals surface area contributed by atoms with Gasteiger partial charge >= 0.3 is 0 Å². The Morgan fingerprint density at radius 3 is 2.92 bits per heavy atom. The van der Waals surface area contributed by atoms with Crippen molar-refractivity contribution in [3.8, 4) is 0 Å². The first-order valence-electron chi connectivity index (χ1n) is 4.03. The van der Waals surface area contributed by atoms with Crippen molar-refractivity contribution in [3.05, 3.63) is 0 Å². The average molecular weight is 194 g/mol. The molecular weight excluding hydrogens is 178 g/mol. The number of hydrogen-bond donors (Lipinski definition) is 3. The highest BCUT2D eigenvalue weighted by Crippen LogP contribution is 2.06. The lowest BCUT2D eigenvalue weighted by molar-refractivity contribution is -0.124. The molecule has 72 valence electrons. The van der Waals surface area contributed by atoms with Crippen LogP contribution in [0.15, 0.2) is 0 Å². The molecule has 1 aliphatic heterocycles. The zero-order chi connectivity index (χ0) is 8.10. The number of carbonyl (C=O) groups excluding carboxylic acids is 1. The van der Waals surface area contributed by atoms with E-state index in [1.165, 1.54) is 0 Å². The molecule has 0 unspecified atom stereocenters. The van der Waals surface area contributed by atoms with E-state index >= 15 is 0 Å². The van der Waals surface area contributed by atoms with Crippen LogP contribution in [0.3, 0.4) is 0 Å². The molecule has 1 fully saturated rings. The first-order valence-corrected chi connectivity index (χ1v) is 4.03. The van der Waals surface area contributed by atoms with E-state index in [-0.39, 0.29) is 24.2 Å². The second-order valence-corrected chi connectivity index (χ2v) is 2.77. The van der Waals surface area contributed by atoms with Crippen LogP contribution in [0.4, 0.5) is 0 Å². The largest absolute Gasteiger partial charge is 0.355 e. The molecule has 1 heterocycles. The summed E-state index contributed by atoms with van der Waals surface area (Å²) in [5.74, 6) is 0.307. The summed E-state index contributed by atoms with van der Waals surface area (Å²) in [7, 11) is 0. The van der Waals surface area contributed by atoms with E-state index in [0.717, 1.165) is 19.5 Å². The van der Waals surface area contributed by atoms with Gasteiger partial charge in [0.25, 0.3) is 0 Å². The van der Waals surface area contributed by atoms with Crippen molar-refractivity contribution >= 4 is 18.3 Å². The summed E-state index contributed by atoms with van der Waals surface area (Å²) in [4.78, 5) is 11.2. The lowest BCUT2D eigenvalue weighted by Gasteiger charge is -2.07. The first kappa shape index (κ1) is 11.7. The lowest BCUT2D eigenvalue weighted by Crippen LogP contribution is -2.35. The summed E-state index contributed by atoms with van der Waals surface area (Å²) in [6.45, 7) is 2.89. The van der Waals surface area contributed by atoms with Gasteiger partial charge in [-0.25, -0.2) is 0 Å². The Balaban J connectivity index is 0.00000121. The van der Waals surface area contributed by atoms with Gasteiger partial charge < -0.3 is 16.4 Å². The molecule has 4 nitrogen and oxygen atoms in total. The van der Waals surface area contributed by atoms with Gasteiger partial charge in [0.05, 0.1) is 5.92 Å². The number of carbonyl (C=O) groups is 1. The van der Waals surface area contributed by atoms with E-state index < -0.39 is 0 Å². The molecule has 0 aliphatic carbocycles. The molecule has 5 heteroatoms. The second-order valence-electron chi connectivity index (χ2n) is 2.77. The van der Waals surface area contributed by atoms with Crippen molar-refractivity contribution in [2.75, 3.05) is 26.2 Å². The predicted molar refractivity (Wildman–Crippen MR) is 50.3 cm³/mol. The van der Waals surface area contributed by atoms with Gasteiger partial charge in [-0.15, -0.1) is 12.4 Å². The molecule has 0 spiro atoms. The summed E-state index contributed by atoms with van der Waals surface area (Å²) in [6.07, 6.45) is 0.955. The summed E-state index contributed by atoms with van der Waals surface area (Å²) < 4.78 is 0.